The molecule has 3 heteroatoms. The van der Waals surface area contributed by atoms with E-state index in [1.54, 1.807) is 0 Å². The number of fused-ring (bicyclic) bond motifs is 1. The quantitative estimate of drug-likeness (QED) is 0.852. The summed E-state index contributed by atoms with van der Waals surface area (Å²) >= 11 is 0. The van der Waals surface area contributed by atoms with Crippen LogP contribution in [0.1, 0.15) is 30.7 Å². The number of hydrogen-bond donors (Lipinski definition) is 1. The molecule has 3 nitrogen and oxygen atoms in total. The number of nitrogens with zero attached hydrogens (tertiary/aromatic N) is 1. The fourth-order valence-corrected chi connectivity index (χ4v) is 2.80. The van der Waals surface area contributed by atoms with Crippen molar-refractivity contribution in [1.29, 1.82) is 0 Å². The van der Waals surface area contributed by atoms with Crippen molar-refractivity contribution in [3.8, 4) is 5.75 Å². The van der Waals surface area contributed by atoms with Crippen LogP contribution in [0.25, 0.3) is 0 Å². The molecule has 19 heavy (non-hydrogen) atoms. The van der Waals surface area contributed by atoms with Crippen LogP contribution in [0.4, 0.5) is 0 Å². The van der Waals surface area contributed by atoms with E-state index in [1.165, 1.54) is 18.4 Å². The molecule has 0 aliphatic carbocycles. The fraction of sp³-hybridized carbons (Fsp3) is 0.625. The Bertz CT molecular complexity index is 392. The zero-order valence-corrected chi connectivity index (χ0v) is 12.4. The number of ether oxygens (including phenoxy) is 1. The fourth-order valence-electron chi connectivity index (χ4n) is 2.80. The van der Waals surface area contributed by atoms with Gasteiger partial charge in [0.15, 0.2) is 0 Å². The molecule has 0 saturated carbocycles. The minimum Gasteiger partial charge on any atom is -0.493 e. The maximum absolute atomic E-state index is 5.74. The molecule has 2 rings (SSSR count). The van der Waals surface area contributed by atoms with Gasteiger partial charge in [-0.15, -0.1) is 0 Å². The van der Waals surface area contributed by atoms with Gasteiger partial charge in [-0.1, -0.05) is 18.2 Å². The Morgan fingerprint density at radius 1 is 1.37 bits per heavy atom. The van der Waals surface area contributed by atoms with Crippen molar-refractivity contribution in [2.45, 2.75) is 31.2 Å². The summed E-state index contributed by atoms with van der Waals surface area (Å²) in [6.45, 7) is 1.99. The van der Waals surface area contributed by atoms with Gasteiger partial charge in [-0.3, -0.25) is 0 Å². The molecule has 0 fully saturated rings. The van der Waals surface area contributed by atoms with Gasteiger partial charge in [0.25, 0.3) is 0 Å². The Hall–Kier alpha value is -1.06. The molecule has 2 unspecified atom stereocenters. The van der Waals surface area contributed by atoms with Crippen LogP contribution in [0.3, 0.4) is 0 Å². The number of para-hydroxylation sites is 1. The Balaban J connectivity index is 1.98. The van der Waals surface area contributed by atoms with Gasteiger partial charge in [-0.05, 0) is 64.5 Å². The predicted octanol–water partition coefficient (Wildman–Crippen LogP) is 2.48. The van der Waals surface area contributed by atoms with Gasteiger partial charge in [0.05, 0.1) is 6.61 Å². The predicted molar refractivity (Wildman–Crippen MR) is 79.9 cm³/mol. The van der Waals surface area contributed by atoms with Crippen molar-refractivity contribution in [2.75, 3.05) is 34.3 Å². The SMILES string of the molecule is CNC(CCN(C)C)CC1CCOc2ccccc21. The second kappa shape index (κ2) is 6.92. The van der Waals surface area contributed by atoms with Crippen LogP contribution in [0, 0.1) is 0 Å². The van der Waals surface area contributed by atoms with Crippen LogP contribution < -0.4 is 10.1 Å². The summed E-state index contributed by atoms with van der Waals surface area (Å²) in [4.78, 5) is 2.25. The second-order valence-electron chi connectivity index (χ2n) is 5.69. The third kappa shape index (κ3) is 3.95. The smallest absolute Gasteiger partial charge is 0.122 e. The van der Waals surface area contributed by atoms with Crippen LogP contribution in [0.15, 0.2) is 24.3 Å². The Kier molecular flexibility index (Phi) is 5.23. The highest BCUT2D eigenvalue weighted by molar-refractivity contribution is 5.37. The Morgan fingerprint density at radius 3 is 2.89 bits per heavy atom. The van der Waals surface area contributed by atoms with E-state index in [-0.39, 0.29) is 0 Å². The molecule has 2 atom stereocenters. The topological polar surface area (TPSA) is 24.5 Å². The van der Waals surface area contributed by atoms with E-state index >= 15 is 0 Å². The molecule has 0 amide bonds. The average molecular weight is 262 g/mol. The zero-order valence-electron chi connectivity index (χ0n) is 12.4. The highest BCUT2D eigenvalue weighted by Gasteiger charge is 2.23. The molecule has 0 saturated heterocycles. The molecule has 1 heterocycles. The van der Waals surface area contributed by atoms with E-state index in [9.17, 15) is 0 Å². The maximum atomic E-state index is 5.74. The molecule has 1 aliphatic rings. The molecule has 1 aromatic carbocycles. The van der Waals surface area contributed by atoms with E-state index in [0.29, 0.717) is 12.0 Å². The van der Waals surface area contributed by atoms with Crippen LogP contribution in [0.2, 0.25) is 0 Å². The molecule has 106 valence electrons. The van der Waals surface area contributed by atoms with Crippen molar-refractivity contribution in [2.24, 2.45) is 0 Å². The first kappa shape index (κ1) is 14.4. The van der Waals surface area contributed by atoms with Crippen LogP contribution in [0.5, 0.6) is 5.75 Å². The number of hydrogen-bond acceptors (Lipinski definition) is 3. The summed E-state index contributed by atoms with van der Waals surface area (Å²) in [7, 11) is 6.35. The third-order valence-electron chi connectivity index (χ3n) is 3.98. The number of nitrogens with one attached hydrogen (secondary N) is 1. The van der Waals surface area contributed by atoms with Crippen LogP contribution >= 0.6 is 0 Å². The summed E-state index contributed by atoms with van der Waals surface area (Å²) in [5.74, 6) is 1.71. The monoisotopic (exact) mass is 262 g/mol. The summed E-state index contributed by atoms with van der Waals surface area (Å²) < 4.78 is 5.74. The summed E-state index contributed by atoms with van der Waals surface area (Å²) in [5, 5.41) is 3.47. The van der Waals surface area contributed by atoms with E-state index in [4.69, 9.17) is 4.74 Å². The molecule has 1 N–H and O–H groups in total. The first-order valence-corrected chi connectivity index (χ1v) is 7.24. The zero-order chi connectivity index (χ0) is 13.7. The van der Waals surface area contributed by atoms with E-state index in [1.807, 2.05) is 0 Å². The molecular weight excluding hydrogens is 236 g/mol. The normalized spacial score (nSPS) is 19.9. The number of rotatable bonds is 6. The highest BCUT2D eigenvalue weighted by Crippen LogP contribution is 2.36. The largest absolute Gasteiger partial charge is 0.493 e. The van der Waals surface area contributed by atoms with Gasteiger partial charge in [-0.2, -0.15) is 0 Å². The average Bonchev–Trinajstić information content (AvgIpc) is 2.43. The molecule has 0 spiro atoms. The van der Waals surface area contributed by atoms with Crippen molar-refractivity contribution < 1.29 is 4.74 Å². The second-order valence-corrected chi connectivity index (χ2v) is 5.69. The third-order valence-corrected chi connectivity index (χ3v) is 3.98. The van der Waals surface area contributed by atoms with E-state index < -0.39 is 0 Å². The van der Waals surface area contributed by atoms with Crippen molar-refractivity contribution >= 4 is 0 Å². The van der Waals surface area contributed by atoms with Crippen LogP contribution in [-0.2, 0) is 0 Å². The lowest BCUT2D eigenvalue weighted by Gasteiger charge is -2.29. The molecule has 1 aliphatic heterocycles. The lowest BCUT2D eigenvalue weighted by molar-refractivity contribution is 0.251. The molecule has 0 aromatic heterocycles. The lowest BCUT2D eigenvalue weighted by Crippen LogP contribution is -2.32. The van der Waals surface area contributed by atoms with Gasteiger partial charge in [0.1, 0.15) is 5.75 Å². The Labute approximate surface area is 116 Å². The van der Waals surface area contributed by atoms with Gasteiger partial charge in [0, 0.05) is 6.04 Å². The molecule has 1 aromatic rings. The maximum Gasteiger partial charge on any atom is 0.122 e. The first-order valence-electron chi connectivity index (χ1n) is 7.24. The van der Waals surface area contributed by atoms with Crippen molar-refractivity contribution in [3.63, 3.8) is 0 Å². The standard InChI is InChI=1S/C16H26N2O/c1-17-14(8-10-18(2)3)12-13-9-11-19-16-7-5-4-6-15(13)16/h4-7,13-14,17H,8-12H2,1-3H3. The molecule has 0 bridgehead atoms. The molecular formula is C16H26N2O. The van der Waals surface area contributed by atoms with Gasteiger partial charge in [0.2, 0.25) is 0 Å². The minimum absolute atomic E-state index is 0.582. The van der Waals surface area contributed by atoms with E-state index in [0.717, 1.165) is 25.3 Å². The summed E-state index contributed by atoms with van der Waals surface area (Å²) in [6.07, 6.45) is 3.53. The highest BCUT2D eigenvalue weighted by atomic mass is 16.5. The summed E-state index contributed by atoms with van der Waals surface area (Å²) in [6, 6.07) is 9.07. The van der Waals surface area contributed by atoms with E-state index in [2.05, 4.69) is 55.6 Å². The van der Waals surface area contributed by atoms with Crippen molar-refractivity contribution in [1.82, 2.24) is 10.2 Å². The molecule has 0 radical (unpaired) electrons. The minimum atomic E-state index is 0.582. The van der Waals surface area contributed by atoms with Gasteiger partial charge >= 0.3 is 0 Å². The van der Waals surface area contributed by atoms with Gasteiger partial charge in [-0.25, -0.2) is 0 Å². The van der Waals surface area contributed by atoms with Gasteiger partial charge < -0.3 is 15.0 Å². The number of benzene rings is 1. The Morgan fingerprint density at radius 2 is 2.16 bits per heavy atom. The first-order chi connectivity index (χ1) is 9.20. The summed E-state index contributed by atoms with van der Waals surface area (Å²) in [5.41, 5.74) is 1.39. The van der Waals surface area contributed by atoms with Crippen LogP contribution in [-0.4, -0.2) is 45.2 Å². The lowest BCUT2D eigenvalue weighted by atomic mass is 9.86. The van der Waals surface area contributed by atoms with Crippen molar-refractivity contribution in [3.05, 3.63) is 29.8 Å².